The smallest absolute Gasteiger partial charge is 0.312 e. The van der Waals surface area contributed by atoms with Gasteiger partial charge in [-0.25, -0.2) is 18.1 Å². The first-order valence-electron chi connectivity index (χ1n) is 9.86. The molecular formula is C19H22FIN6O4S. The molecule has 0 saturated heterocycles. The van der Waals surface area contributed by atoms with Crippen molar-refractivity contribution in [3.63, 3.8) is 0 Å². The number of nitrogens with two attached hydrogens (primary N) is 1. The summed E-state index contributed by atoms with van der Waals surface area (Å²) in [6.07, 6.45) is -0.605. The molecule has 0 aliphatic carbocycles. The lowest BCUT2D eigenvalue weighted by Gasteiger charge is -2.12. The number of nitrogen functional groups attached to an aromatic ring is 1. The molecule has 10 nitrogen and oxygen atoms in total. The molecule has 0 unspecified atom stereocenters. The maximum Gasteiger partial charge on any atom is 0.312 e. The number of rotatable bonds is 8. The molecule has 0 saturated carbocycles. The molecule has 3 N–H and O–H groups in total. The van der Waals surface area contributed by atoms with E-state index in [4.69, 9.17) is 15.2 Å². The SMILES string of the molecule is CC(C)CS(=O)(=O)NCCn1c(Cc2cc3c(cc2I)OCO3)nc2c(N)nc(F)nc21. The summed E-state index contributed by atoms with van der Waals surface area (Å²) in [7, 11) is -3.44. The maximum absolute atomic E-state index is 13.9. The van der Waals surface area contributed by atoms with Gasteiger partial charge in [-0.3, -0.25) is 0 Å². The molecule has 4 rings (SSSR count). The highest BCUT2D eigenvalue weighted by Gasteiger charge is 2.21. The number of nitrogens with one attached hydrogen (secondary N) is 1. The largest absolute Gasteiger partial charge is 0.454 e. The van der Waals surface area contributed by atoms with Crippen LogP contribution in [-0.4, -0.2) is 47.0 Å². The van der Waals surface area contributed by atoms with Crippen molar-refractivity contribution in [2.24, 2.45) is 5.92 Å². The van der Waals surface area contributed by atoms with E-state index in [-0.39, 0.29) is 48.5 Å². The van der Waals surface area contributed by atoms with Gasteiger partial charge in [0.25, 0.3) is 0 Å². The summed E-state index contributed by atoms with van der Waals surface area (Å²) in [6, 6.07) is 3.74. The first kappa shape index (κ1) is 22.9. The molecule has 3 aromatic rings. The van der Waals surface area contributed by atoms with E-state index >= 15 is 0 Å². The molecule has 0 amide bonds. The number of fused-ring (bicyclic) bond motifs is 2. The van der Waals surface area contributed by atoms with Crippen LogP contribution in [0.3, 0.4) is 0 Å². The van der Waals surface area contributed by atoms with Crippen LogP contribution in [0.5, 0.6) is 11.5 Å². The van der Waals surface area contributed by atoms with Crippen LogP contribution in [0, 0.1) is 15.6 Å². The summed E-state index contributed by atoms with van der Waals surface area (Å²) in [6.45, 7) is 4.11. The van der Waals surface area contributed by atoms with Crippen molar-refractivity contribution < 1.29 is 22.3 Å². The molecule has 3 heterocycles. The predicted molar refractivity (Wildman–Crippen MR) is 124 cm³/mol. The Kier molecular flexibility index (Phi) is 6.40. The molecule has 32 heavy (non-hydrogen) atoms. The number of imidazole rings is 1. The van der Waals surface area contributed by atoms with Crippen molar-refractivity contribution in [3.05, 3.63) is 33.2 Å². The average molecular weight is 576 g/mol. The number of benzene rings is 1. The van der Waals surface area contributed by atoms with Gasteiger partial charge in [-0.05, 0) is 46.2 Å². The number of aromatic nitrogens is 4. The highest BCUT2D eigenvalue weighted by Crippen LogP contribution is 2.36. The van der Waals surface area contributed by atoms with Gasteiger partial charge < -0.3 is 19.8 Å². The van der Waals surface area contributed by atoms with Crippen LogP contribution in [0.1, 0.15) is 25.2 Å². The summed E-state index contributed by atoms with van der Waals surface area (Å²) in [5, 5.41) is 0. The third kappa shape index (κ3) is 4.88. The van der Waals surface area contributed by atoms with Crippen molar-refractivity contribution in [3.8, 4) is 11.5 Å². The van der Waals surface area contributed by atoms with Crippen LogP contribution in [0.4, 0.5) is 10.2 Å². The number of hydrogen-bond donors (Lipinski definition) is 2. The molecule has 0 radical (unpaired) electrons. The van der Waals surface area contributed by atoms with E-state index in [1.807, 2.05) is 26.0 Å². The third-order valence-electron chi connectivity index (χ3n) is 4.77. The summed E-state index contributed by atoms with van der Waals surface area (Å²) >= 11 is 2.20. The number of ether oxygens (including phenoxy) is 2. The van der Waals surface area contributed by atoms with E-state index in [1.54, 1.807) is 4.57 Å². The van der Waals surface area contributed by atoms with E-state index in [1.165, 1.54) is 0 Å². The highest BCUT2D eigenvalue weighted by molar-refractivity contribution is 14.1. The first-order chi connectivity index (χ1) is 15.1. The Bertz CT molecular complexity index is 1280. The molecule has 0 bridgehead atoms. The minimum atomic E-state index is -3.44. The van der Waals surface area contributed by atoms with Crippen molar-refractivity contribution in [2.75, 3.05) is 24.8 Å². The number of halogens is 2. The normalized spacial score (nSPS) is 13.4. The first-order valence-corrected chi connectivity index (χ1v) is 12.6. The average Bonchev–Trinajstić information content (AvgIpc) is 3.26. The molecule has 1 aromatic carbocycles. The topological polar surface area (TPSA) is 134 Å². The molecule has 172 valence electrons. The Hall–Kier alpha value is -2.26. The fraction of sp³-hybridized carbons (Fsp3) is 0.421. The minimum absolute atomic E-state index is 0.00754. The van der Waals surface area contributed by atoms with Crippen molar-refractivity contribution in [1.29, 1.82) is 0 Å². The zero-order valence-corrected chi connectivity index (χ0v) is 20.4. The monoisotopic (exact) mass is 576 g/mol. The Morgan fingerprint density at radius 2 is 1.97 bits per heavy atom. The van der Waals surface area contributed by atoms with Crippen LogP contribution in [0.15, 0.2) is 12.1 Å². The van der Waals surface area contributed by atoms with Crippen LogP contribution < -0.4 is 19.9 Å². The molecule has 1 aliphatic heterocycles. The fourth-order valence-electron chi connectivity index (χ4n) is 3.49. The number of sulfonamides is 1. The van der Waals surface area contributed by atoms with Gasteiger partial charge in [0.1, 0.15) is 5.82 Å². The quantitative estimate of drug-likeness (QED) is 0.308. The predicted octanol–water partition coefficient (Wildman–Crippen LogP) is 2.05. The lowest BCUT2D eigenvalue weighted by Crippen LogP contribution is -2.31. The van der Waals surface area contributed by atoms with Crippen molar-refractivity contribution >= 4 is 49.6 Å². The number of hydrogen-bond acceptors (Lipinski definition) is 8. The second kappa shape index (κ2) is 8.94. The molecule has 2 aromatic heterocycles. The number of nitrogens with zero attached hydrogens (tertiary/aromatic N) is 4. The van der Waals surface area contributed by atoms with E-state index in [0.29, 0.717) is 23.7 Å². The standard InChI is InChI=1S/C19H22FIN6O4S/c1-10(2)8-32(28,29)23-3-4-27-15(24-16-17(22)25-19(20)26-18(16)27)6-11-5-13-14(7-12(11)21)31-9-30-13/h5,7,10,23H,3-4,6,8-9H2,1-2H3,(H2,22,25,26). The van der Waals surface area contributed by atoms with Gasteiger partial charge in [0.2, 0.25) is 16.8 Å². The molecule has 0 fully saturated rings. The third-order valence-corrected chi connectivity index (χ3v) is 7.53. The van der Waals surface area contributed by atoms with E-state index < -0.39 is 16.1 Å². The van der Waals surface area contributed by atoms with Crippen LogP contribution in [0.2, 0.25) is 0 Å². The molecule has 13 heteroatoms. The summed E-state index contributed by atoms with van der Waals surface area (Å²) in [5.41, 5.74) is 7.27. The summed E-state index contributed by atoms with van der Waals surface area (Å²) < 4.78 is 54.4. The van der Waals surface area contributed by atoms with Gasteiger partial charge in [0.15, 0.2) is 28.5 Å². The Morgan fingerprint density at radius 3 is 2.69 bits per heavy atom. The van der Waals surface area contributed by atoms with Gasteiger partial charge in [-0.1, -0.05) is 13.8 Å². The lowest BCUT2D eigenvalue weighted by molar-refractivity contribution is 0.174. The summed E-state index contributed by atoms with van der Waals surface area (Å²) in [4.78, 5) is 12.0. The Labute approximate surface area is 197 Å². The zero-order chi connectivity index (χ0) is 23.0. The van der Waals surface area contributed by atoms with Crippen LogP contribution >= 0.6 is 22.6 Å². The Morgan fingerprint density at radius 1 is 1.25 bits per heavy atom. The van der Waals surface area contributed by atoms with Crippen molar-refractivity contribution in [2.45, 2.75) is 26.8 Å². The second-order valence-corrected chi connectivity index (χ2v) is 10.8. The minimum Gasteiger partial charge on any atom is -0.454 e. The molecule has 0 spiro atoms. The van der Waals surface area contributed by atoms with Crippen LogP contribution in [0.25, 0.3) is 11.2 Å². The van der Waals surface area contributed by atoms with Gasteiger partial charge in [0.05, 0.1) is 5.75 Å². The summed E-state index contributed by atoms with van der Waals surface area (Å²) in [5.74, 6) is 1.79. The van der Waals surface area contributed by atoms with E-state index in [2.05, 4.69) is 42.3 Å². The van der Waals surface area contributed by atoms with Gasteiger partial charge in [0, 0.05) is 23.1 Å². The van der Waals surface area contributed by atoms with Crippen LogP contribution in [-0.2, 0) is 23.0 Å². The maximum atomic E-state index is 13.9. The fourth-order valence-corrected chi connectivity index (χ4v) is 5.51. The van der Waals surface area contributed by atoms with E-state index in [0.717, 1.165) is 9.13 Å². The van der Waals surface area contributed by atoms with Gasteiger partial charge in [-0.15, -0.1) is 0 Å². The molecule has 0 atom stereocenters. The van der Waals surface area contributed by atoms with E-state index in [9.17, 15) is 12.8 Å². The Balaban J connectivity index is 1.67. The highest BCUT2D eigenvalue weighted by atomic mass is 127. The lowest BCUT2D eigenvalue weighted by atomic mass is 10.1. The number of anilines is 1. The van der Waals surface area contributed by atoms with Crippen molar-refractivity contribution in [1.82, 2.24) is 24.2 Å². The zero-order valence-electron chi connectivity index (χ0n) is 17.4. The van der Waals surface area contributed by atoms with Gasteiger partial charge >= 0.3 is 6.08 Å². The molecule has 1 aliphatic rings. The van der Waals surface area contributed by atoms with Gasteiger partial charge in [-0.2, -0.15) is 14.4 Å². The second-order valence-electron chi connectivity index (χ2n) is 7.77. The molecular weight excluding hydrogens is 554 g/mol.